The number of nitrogens with one attached hydrogen (secondary N) is 1. The van der Waals surface area contributed by atoms with E-state index in [2.05, 4.69) is 21.7 Å². The molecule has 0 aliphatic heterocycles. The Kier molecular flexibility index (Phi) is 5.27. The van der Waals surface area contributed by atoms with Crippen LogP contribution in [0.25, 0.3) is 0 Å². The van der Waals surface area contributed by atoms with Crippen molar-refractivity contribution in [3.63, 3.8) is 0 Å². The molecule has 0 saturated carbocycles. The van der Waals surface area contributed by atoms with Crippen molar-refractivity contribution >= 4 is 29.4 Å². The van der Waals surface area contributed by atoms with Crippen LogP contribution >= 0.6 is 12.8 Å². The molecule has 0 saturated heterocycles. The van der Waals surface area contributed by atoms with Crippen LogP contribution in [0.5, 0.6) is 0 Å². The van der Waals surface area contributed by atoms with E-state index in [4.69, 9.17) is 0 Å². The van der Waals surface area contributed by atoms with Gasteiger partial charge in [-0.05, 0) is 13.3 Å². The van der Waals surface area contributed by atoms with E-state index >= 15 is 0 Å². The average molecular weight is 213 g/mol. The van der Waals surface area contributed by atoms with E-state index in [9.17, 15) is 13.2 Å². The minimum Gasteiger partial charge on any atom is -0.349 e. The van der Waals surface area contributed by atoms with Crippen LogP contribution in [-0.2, 0) is 19.1 Å². The van der Waals surface area contributed by atoms with Gasteiger partial charge in [0.25, 0.3) is 0 Å². The van der Waals surface area contributed by atoms with Crippen molar-refractivity contribution in [2.45, 2.75) is 19.4 Å². The van der Waals surface area contributed by atoms with Gasteiger partial charge in [0.2, 0.25) is 0 Å². The van der Waals surface area contributed by atoms with Gasteiger partial charge >= 0.3 is 16.6 Å². The van der Waals surface area contributed by atoms with Crippen molar-refractivity contribution in [2.75, 3.05) is 5.75 Å². The molecule has 0 aromatic heterocycles. The van der Waals surface area contributed by atoms with Gasteiger partial charge in [0.1, 0.15) is 0 Å². The van der Waals surface area contributed by atoms with Crippen LogP contribution in [0.4, 0.5) is 0 Å². The molecule has 0 aromatic rings. The standard InChI is InChI=1S/C5H11NO4S2/c1-5(6-11)2-3-12(8,9)10-4-7/h4-6,11H,2-3H2,1H3. The van der Waals surface area contributed by atoms with Crippen LogP contribution < -0.4 is 4.72 Å². The maximum absolute atomic E-state index is 10.7. The quantitative estimate of drug-likeness (QED) is 0.360. The van der Waals surface area contributed by atoms with Crippen LogP contribution in [0.3, 0.4) is 0 Å². The second-order valence-corrected chi connectivity index (χ2v) is 4.25. The second-order valence-electron chi connectivity index (χ2n) is 2.27. The lowest BCUT2D eigenvalue weighted by Crippen LogP contribution is -2.21. The molecule has 0 aromatic carbocycles. The lowest BCUT2D eigenvalue weighted by atomic mass is 10.3. The van der Waals surface area contributed by atoms with E-state index < -0.39 is 10.1 Å². The Hall–Kier alpha value is -0.270. The third kappa shape index (κ3) is 5.39. The Balaban J connectivity index is 3.84. The van der Waals surface area contributed by atoms with E-state index in [1.165, 1.54) is 0 Å². The first-order valence-electron chi connectivity index (χ1n) is 3.26. The molecule has 1 atom stereocenters. The Bertz CT molecular complexity index is 226. The summed E-state index contributed by atoms with van der Waals surface area (Å²) in [5, 5.41) is 0. The van der Waals surface area contributed by atoms with Crippen LogP contribution in [0, 0.1) is 0 Å². The smallest absolute Gasteiger partial charge is 0.311 e. The van der Waals surface area contributed by atoms with Crippen LogP contribution in [0.15, 0.2) is 0 Å². The predicted octanol–water partition coefficient (Wildman–Crippen LogP) is -0.298. The minimum atomic E-state index is -3.68. The maximum Gasteiger partial charge on any atom is 0.311 e. The fourth-order valence-corrected chi connectivity index (χ4v) is 1.48. The van der Waals surface area contributed by atoms with Crippen LogP contribution in [-0.4, -0.2) is 26.7 Å². The van der Waals surface area contributed by atoms with Gasteiger partial charge in [-0.15, -0.1) is 0 Å². The lowest BCUT2D eigenvalue weighted by molar-refractivity contribution is -0.120. The Morgan fingerprint density at radius 1 is 1.67 bits per heavy atom. The molecule has 0 bridgehead atoms. The molecule has 72 valence electrons. The van der Waals surface area contributed by atoms with Gasteiger partial charge in [0.05, 0.1) is 5.75 Å². The summed E-state index contributed by atoms with van der Waals surface area (Å²) in [7, 11) is -3.68. The van der Waals surface area contributed by atoms with Crippen molar-refractivity contribution in [2.24, 2.45) is 0 Å². The normalized spacial score (nSPS) is 13.8. The summed E-state index contributed by atoms with van der Waals surface area (Å²) in [5.41, 5.74) is 0. The van der Waals surface area contributed by atoms with E-state index in [1.54, 1.807) is 6.92 Å². The molecule has 0 aliphatic carbocycles. The molecule has 0 rings (SSSR count). The van der Waals surface area contributed by atoms with Crippen molar-refractivity contribution in [1.82, 2.24) is 4.72 Å². The summed E-state index contributed by atoms with van der Waals surface area (Å²) in [6.45, 7) is 1.68. The van der Waals surface area contributed by atoms with E-state index in [0.29, 0.717) is 6.42 Å². The second kappa shape index (κ2) is 5.39. The molecule has 1 N–H and O–H groups in total. The third-order valence-electron chi connectivity index (χ3n) is 1.21. The van der Waals surface area contributed by atoms with Gasteiger partial charge in [-0.1, -0.05) is 12.8 Å². The number of hydrogen-bond donors (Lipinski definition) is 2. The summed E-state index contributed by atoms with van der Waals surface area (Å²) < 4.78 is 27.9. The van der Waals surface area contributed by atoms with Crippen molar-refractivity contribution < 1.29 is 17.4 Å². The monoisotopic (exact) mass is 213 g/mol. The molecule has 7 heteroatoms. The Morgan fingerprint density at radius 2 is 2.25 bits per heavy atom. The van der Waals surface area contributed by atoms with Crippen molar-refractivity contribution in [3.8, 4) is 0 Å². The summed E-state index contributed by atoms with van der Waals surface area (Å²) in [5.74, 6) is -0.194. The van der Waals surface area contributed by atoms with Gasteiger partial charge in [-0.2, -0.15) is 8.42 Å². The van der Waals surface area contributed by atoms with Gasteiger partial charge in [-0.25, -0.2) is 0 Å². The zero-order valence-corrected chi connectivity index (χ0v) is 8.27. The van der Waals surface area contributed by atoms with Crippen LogP contribution in [0.2, 0.25) is 0 Å². The zero-order valence-electron chi connectivity index (χ0n) is 6.56. The largest absolute Gasteiger partial charge is 0.349 e. The number of rotatable bonds is 6. The predicted molar refractivity (Wildman–Crippen MR) is 47.1 cm³/mol. The highest BCUT2D eigenvalue weighted by atomic mass is 32.2. The summed E-state index contributed by atoms with van der Waals surface area (Å²) in [4.78, 5) is 9.70. The molecule has 0 aliphatic rings. The van der Waals surface area contributed by atoms with Gasteiger partial charge in [-0.3, -0.25) is 9.52 Å². The number of carbonyl (C=O) groups excluding carboxylic acids is 1. The van der Waals surface area contributed by atoms with Crippen LogP contribution in [0.1, 0.15) is 13.3 Å². The zero-order chi connectivity index (χ0) is 9.61. The van der Waals surface area contributed by atoms with Crippen molar-refractivity contribution in [1.29, 1.82) is 0 Å². The van der Waals surface area contributed by atoms with Gasteiger partial charge < -0.3 is 4.18 Å². The number of thiol groups is 1. The minimum absolute atomic E-state index is 0.0432. The topological polar surface area (TPSA) is 72.5 Å². The third-order valence-corrected chi connectivity index (χ3v) is 2.76. The number of hydrogen-bond acceptors (Lipinski definition) is 6. The molecule has 0 amide bonds. The average Bonchev–Trinajstić information content (AvgIpc) is 2.00. The first kappa shape index (κ1) is 11.7. The summed E-state index contributed by atoms with van der Waals surface area (Å²) >= 11 is 3.74. The molecule has 5 nitrogen and oxygen atoms in total. The fourth-order valence-electron chi connectivity index (χ4n) is 0.494. The molecule has 0 heterocycles. The van der Waals surface area contributed by atoms with E-state index in [-0.39, 0.29) is 18.3 Å². The Morgan fingerprint density at radius 3 is 2.67 bits per heavy atom. The Labute approximate surface area is 77.1 Å². The maximum atomic E-state index is 10.7. The number of carbonyl (C=O) groups is 1. The summed E-state index contributed by atoms with van der Waals surface area (Å²) in [6.07, 6.45) is 0.347. The first-order chi connectivity index (χ1) is 5.52. The fraction of sp³-hybridized carbons (Fsp3) is 0.800. The van der Waals surface area contributed by atoms with Gasteiger partial charge in [0.15, 0.2) is 0 Å². The SMILES string of the molecule is CC(CCS(=O)(=O)OC=O)NS. The lowest BCUT2D eigenvalue weighted by Gasteiger charge is -2.07. The highest BCUT2D eigenvalue weighted by Gasteiger charge is 2.12. The molecule has 1 unspecified atom stereocenters. The first-order valence-corrected chi connectivity index (χ1v) is 5.28. The van der Waals surface area contributed by atoms with E-state index in [1.807, 2.05) is 0 Å². The highest BCUT2D eigenvalue weighted by molar-refractivity contribution is 7.87. The van der Waals surface area contributed by atoms with E-state index in [0.717, 1.165) is 0 Å². The molecule has 12 heavy (non-hydrogen) atoms. The molecule has 0 fully saturated rings. The summed E-state index contributed by atoms with van der Waals surface area (Å²) in [6, 6.07) is -0.0432. The molecule has 0 radical (unpaired) electrons. The molecular formula is C5H11NO4S2. The van der Waals surface area contributed by atoms with Crippen molar-refractivity contribution in [3.05, 3.63) is 0 Å². The molecule has 0 spiro atoms. The highest BCUT2D eigenvalue weighted by Crippen LogP contribution is 1.98. The molecular weight excluding hydrogens is 202 g/mol. The van der Waals surface area contributed by atoms with Gasteiger partial charge in [0, 0.05) is 6.04 Å².